The minimum atomic E-state index is 0.716. The number of benzene rings is 7. The first-order chi connectivity index (χ1) is 24.3. The Morgan fingerprint density at radius 2 is 1.22 bits per heavy atom. The lowest BCUT2D eigenvalue weighted by molar-refractivity contribution is 1.03. The average Bonchev–Trinajstić information content (AvgIpc) is 3.68. The van der Waals surface area contributed by atoms with E-state index in [0.29, 0.717) is 5.82 Å². The summed E-state index contributed by atoms with van der Waals surface area (Å²) < 4.78 is 4.91. The first kappa shape index (κ1) is 26.9. The van der Waals surface area contributed by atoms with Crippen molar-refractivity contribution in [2.75, 3.05) is 0 Å². The smallest absolute Gasteiger partial charge is 0.160 e. The van der Waals surface area contributed by atoms with E-state index in [1.54, 1.807) is 0 Å². The van der Waals surface area contributed by atoms with Crippen molar-refractivity contribution >= 4 is 66.3 Å². The maximum absolute atomic E-state index is 5.32. The number of aromatic nitrogens is 4. The Balaban J connectivity index is 1.26. The van der Waals surface area contributed by atoms with Gasteiger partial charge in [0.15, 0.2) is 5.82 Å². The highest BCUT2D eigenvalue weighted by atomic mass is 32.2. The van der Waals surface area contributed by atoms with Gasteiger partial charge in [-0.25, -0.2) is 9.97 Å². The van der Waals surface area contributed by atoms with Gasteiger partial charge in [-0.2, -0.15) is 0 Å². The molecule has 7 aromatic carbocycles. The minimum absolute atomic E-state index is 0.716. The van der Waals surface area contributed by atoms with E-state index in [1.165, 1.54) is 48.2 Å². The van der Waals surface area contributed by atoms with E-state index in [1.807, 2.05) is 11.8 Å². The summed E-state index contributed by atoms with van der Waals surface area (Å²) in [6.45, 7) is 0. The molecule has 49 heavy (non-hydrogen) atoms. The Labute approximate surface area is 285 Å². The van der Waals surface area contributed by atoms with Gasteiger partial charge in [0, 0.05) is 53.5 Å². The molecular formula is C44H26N4S. The van der Waals surface area contributed by atoms with Gasteiger partial charge in [-0.1, -0.05) is 127 Å². The largest absolute Gasteiger partial charge is 0.295 e. The van der Waals surface area contributed by atoms with Crippen LogP contribution in [0.2, 0.25) is 0 Å². The van der Waals surface area contributed by atoms with Crippen LogP contribution in [-0.2, 0) is 0 Å². The van der Waals surface area contributed by atoms with Crippen molar-refractivity contribution in [3.63, 3.8) is 0 Å². The lowest BCUT2D eigenvalue weighted by Gasteiger charge is -2.21. The summed E-state index contributed by atoms with van der Waals surface area (Å²) in [5, 5.41) is 7.08. The maximum Gasteiger partial charge on any atom is 0.160 e. The van der Waals surface area contributed by atoms with Crippen LogP contribution in [0.1, 0.15) is 0 Å². The summed E-state index contributed by atoms with van der Waals surface area (Å²) in [6, 6.07) is 56.3. The fraction of sp³-hybridized carbons (Fsp3) is 0. The van der Waals surface area contributed by atoms with E-state index in [2.05, 4.69) is 167 Å². The molecule has 10 aromatic rings. The highest BCUT2D eigenvalue weighted by Crippen LogP contribution is 2.49. The predicted octanol–water partition coefficient (Wildman–Crippen LogP) is 11.6. The molecule has 4 nitrogen and oxygen atoms in total. The van der Waals surface area contributed by atoms with Gasteiger partial charge in [0.1, 0.15) is 5.65 Å². The fourth-order valence-corrected chi connectivity index (χ4v) is 8.85. The van der Waals surface area contributed by atoms with Crippen LogP contribution in [0.3, 0.4) is 0 Å². The predicted molar refractivity (Wildman–Crippen MR) is 203 cm³/mol. The summed E-state index contributed by atoms with van der Waals surface area (Å²) in [4.78, 5) is 13.2. The third-order valence-corrected chi connectivity index (χ3v) is 11.0. The lowest BCUT2D eigenvalue weighted by Crippen LogP contribution is -2.05. The van der Waals surface area contributed by atoms with Gasteiger partial charge in [-0.15, -0.1) is 0 Å². The molecule has 1 aliphatic rings. The van der Waals surface area contributed by atoms with Crippen LogP contribution in [-0.4, -0.2) is 19.1 Å². The van der Waals surface area contributed by atoms with Crippen molar-refractivity contribution < 1.29 is 0 Å². The minimum Gasteiger partial charge on any atom is -0.295 e. The van der Waals surface area contributed by atoms with Crippen molar-refractivity contribution in [2.24, 2.45) is 0 Å². The second kappa shape index (κ2) is 10.2. The molecule has 4 heterocycles. The Morgan fingerprint density at radius 1 is 0.490 bits per heavy atom. The van der Waals surface area contributed by atoms with Crippen molar-refractivity contribution in [3.8, 4) is 34.0 Å². The fourth-order valence-electron chi connectivity index (χ4n) is 7.76. The Kier molecular flexibility index (Phi) is 5.57. The average molecular weight is 643 g/mol. The monoisotopic (exact) mass is 642 g/mol. The summed E-state index contributed by atoms with van der Waals surface area (Å²) in [7, 11) is 0. The third kappa shape index (κ3) is 3.82. The highest BCUT2D eigenvalue weighted by molar-refractivity contribution is 7.99. The number of hydrogen-bond donors (Lipinski definition) is 0. The molecule has 0 radical (unpaired) electrons. The van der Waals surface area contributed by atoms with Gasteiger partial charge in [0.25, 0.3) is 0 Å². The standard InChI is InChI=1S/C44H26N4S/c1-3-13-28(14-4-1)40-34-25-22-27-12-7-8-17-31(27)41(34)46-43(45-40)29-23-24-32-36(26-29)47(30-15-5-2-6-16-30)44-39(32)33-18-11-21-38-42(33)48(44)35-19-9-10-20-37(35)49-38/h1-26H. The van der Waals surface area contributed by atoms with Gasteiger partial charge in [0.2, 0.25) is 0 Å². The van der Waals surface area contributed by atoms with Crippen LogP contribution < -0.4 is 0 Å². The van der Waals surface area contributed by atoms with Gasteiger partial charge in [-0.3, -0.25) is 9.13 Å². The molecule has 0 fully saturated rings. The SMILES string of the molecule is c1ccc(-c2nc(-c3ccc4c5c6cccc7c6n(c5n(-c5ccccc5)c4c3)-c3ccccc3S7)nc3c2ccc2ccccc23)cc1. The van der Waals surface area contributed by atoms with Crippen LogP contribution in [0, 0.1) is 0 Å². The Hall–Kier alpha value is -6.17. The molecule has 0 bridgehead atoms. The molecule has 0 aliphatic carbocycles. The zero-order valence-corrected chi connectivity index (χ0v) is 27.0. The molecule has 3 aromatic heterocycles. The maximum atomic E-state index is 5.32. The molecule has 0 amide bonds. The van der Waals surface area contributed by atoms with Crippen LogP contribution in [0.5, 0.6) is 0 Å². The lowest BCUT2D eigenvalue weighted by atomic mass is 10.0. The van der Waals surface area contributed by atoms with Crippen LogP contribution in [0.15, 0.2) is 168 Å². The number of hydrogen-bond acceptors (Lipinski definition) is 3. The van der Waals surface area contributed by atoms with Gasteiger partial charge in [0.05, 0.1) is 27.9 Å². The number of fused-ring (bicyclic) bond motifs is 10. The first-order valence-corrected chi connectivity index (χ1v) is 17.3. The zero-order valence-electron chi connectivity index (χ0n) is 26.2. The molecule has 228 valence electrons. The van der Waals surface area contributed by atoms with Crippen molar-refractivity contribution in [1.29, 1.82) is 0 Å². The molecule has 0 atom stereocenters. The molecular weight excluding hydrogens is 617 g/mol. The van der Waals surface area contributed by atoms with Crippen molar-refractivity contribution in [1.82, 2.24) is 19.1 Å². The molecule has 0 saturated carbocycles. The molecule has 11 rings (SSSR count). The summed E-state index contributed by atoms with van der Waals surface area (Å²) in [5.41, 5.74) is 9.86. The van der Waals surface area contributed by atoms with Crippen molar-refractivity contribution in [3.05, 3.63) is 158 Å². The van der Waals surface area contributed by atoms with E-state index in [0.717, 1.165) is 44.3 Å². The van der Waals surface area contributed by atoms with Gasteiger partial charge in [-0.05, 0) is 47.9 Å². The van der Waals surface area contributed by atoms with E-state index in [9.17, 15) is 0 Å². The van der Waals surface area contributed by atoms with E-state index in [4.69, 9.17) is 9.97 Å². The number of rotatable bonds is 3. The molecule has 0 N–H and O–H groups in total. The normalized spacial score (nSPS) is 12.4. The second-order valence-electron chi connectivity index (χ2n) is 12.6. The van der Waals surface area contributed by atoms with Gasteiger partial charge >= 0.3 is 0 Å². The third-order valence-electron chi connectivity index (χ3n) is 9.88. The molecule has 0 saturated heterocycles. The van der Waals surface area contributed by atoms with Crippen LogP contribution in [0.25, 0.3) is 88.5 Å². The van der Waals surface area contributed by atoms with E-state index >= 15 is 0 Å². The zero-order chi connectivity index (χ0) is 32.1. The topological polar surface area (TPSA) is 35.6 Å². The number of nitrogens with zero attached hydrogens (tertiary/aromatic N) is 4. The first-order valence-electron chi connectivity index (χ1n) is 16.5. The highest BCUT2D eigenvalue weighted by Gasteiger charge is 2.28. The van der Waals surface area contributed by atoms with Crippen LogP contribution in [0.4, 0.5) is 0 Å². The van der Waals surface area contributed by atoms with Gasteiger partial charge < -0.3 is 0 Å². The van der Waals surface area contributed by atoms with Crippen molar-refractivity contribution in [2.45, 2.75) is 9.79 Å². The second-order valence-corrected chi connectivity index (χ2v) is 13.7. The van der Waals surface area contributed by atoms with E-state index in [-0.39, 0.29) is 0 Å². The molecule has 0 unspecified atom stereocenters. The summed E-state index contributed by atoms with van der Waals surface area (Å²) >= 11 is 1.85. The summed E-state index contributed by atoms with van der Waals surface area (Å²) in [5.74, 6) is 0.716. The van der Waals surface area contributed by atoms with E-state index < -0.39 is 0 Å². The molecule has 5 heteroatoms. The quantitative estimate of drug-likeness (QED) is 0.180. The number of para-hydroxylation sites is 3. The Bertz CT molecular complexity index is 2960. The Morgan fingerprint density at radius 3 is 2.12 bits per heavy atom. The summed E-state index contributed by atoms with van der Waals surface area (Å²) in [6.07, 6.45) is 0. The van der Waals surface area contributed by atoms with Crippen LogP contribution >= 0.6 is 11.8 Å². The molecule has 0 spiro atoms. The molecule has 1 aliphatic heterocycles.